The van der Waals surface area contributed by atoms with Crippen LogP contribution >= 0.6 is 0 Å². The first-order valence-corrected chi connectivity index (χ1v) is 6.52. The van der Waals surface area contributed by atoms with Crippen molar-refractivity contribution in [2.45, 2.75) is 44.7 Å². The topological polar surface area (TPSA) is 61.4 Å². The highest BCUT2D eigenvalue weighted by Crippen LogP contribution is 2.22. The average Bonchev–Trinajstić information content (AvgIpc) is 3.08. The maximum absolute atomic E-state index is 12.1. The maximum atomic E-state index is 12.1. The Morgan fingerprint density at radius 1 is 1.41 bits per heavy atom. The van der Waals surface area contributed by atoms with E-state index in [1.54, 1.807) is 4.90 Å². The van der Waals surface area contributed by atoms with Gasteiger partial charge in [0.2, 0.25) is 11.8 Å². The largest absolute Gasteiger partial charge is 0.355 e. The summed E-state index contributed by atoms with van der Waals surface area (Å²) in [5, 5.41) is 6.08. The van der Waals surface area contributed by atoms with E-state index in [0.29, 0.717) is 19.1 Å². The van der Waals surface area contributed by atoms with E-state index in [4.69, 9.17) is 0 Å². The van der Waals surface area contributed by atoms with Crippen LogP contribution in [0.3, 0.4) is 0 Å². The number of carbonyl (C=O) groups excluding carboxylic acids is 2. The molecule has 5 nitrogen and oxygen atoms in total. The first kappa shape index (κ1) is 12.4. The van der Waals surface area contributed by atoms with Gasteiger partial charge in [0.05, 0.1) is 12.6 Å². The van der Waals surface area contributed by atoms with E-state index in [1.165, 1.54) is 12.8 Å². The third-order valence-electron chi connectivity index (χ3n) is 3.25. The minimum absolute atomic E-state index is 0.0621. The van der Waals surface area contributed by atoms with Crippen LogP contribution in [0.2, 0.25) is 0 Å². The summed E-state index contributed by atoms with van der Waals surface area (Å²) in [5.41, 5.74) is 0. The minimum Gasteiger partial charge on any atom is -0.355 e. The Morgan fingerprint density at radius 3 is 2.82 bits per heavy atom. The number of rotatable bonds is 5. The molecule has 0 radical (unpaired) electrons. The van der Waals surface area contributed by atoms with Crippen molar-refractivity contribution in [3.8, 4) is 0 Å². The van der Waals surface area contributed by atoms with Gasteiger partial charge >= 0.3 is 0 Å². The van der Waals surface area contributed by atoms with Gasteiger partial charge in [0.25, 0.3) is 0 Å². The second-order valence-electron chi connectivity index (χ2n) is 4.85. The van der Waals surface area contributed by atoms with Crippen molar-refractivity contribution in [2.24, 2.45) is 0 Å². The highest BCUT2D eigenvalue weighted by atomic mass is 16.2. The van der Waals surface area contributed by atoms with Crippen LogP contribution in [0.15, 0.2) is 0 Å². The molecule has 96 valence electrons. The zero-order valence-electron chi connectivity index (χ0n) is 10.4. The Hall–Kier alpha value is -1.10. The third-order valence-corrected chi connectivity index (χ3v) is 3.25. The zero-order valence-corrected chi connectivity index (χ0v) is 10.4. The lowest BCUT2D eigenvalue weighted by Gasteiger charge is -2.32. The van der Waals surface area contributed by atoms with Gasteiger partial charge in [0, 0.05) is 19.1 Å². The Bertz CT molecular complexity index is 302. The van der Waals surface area contributed by atoms with Gasteiger partial charge in [-0.25, -0.2) is 0 Å². The molecule has 2 N–H and O–H groups in total. The van der Waals surface area contributed by atoms with E-state index in [-0.39, 0.29) is 24.4 Å². The molecule has 1 unspecified atom stereocenters. The normalized spacial score (nSPS) is 24.9. The number of hydrogen-bond donors (Lipinski definition) is 2. The van der Waals surface area contributed by atoms with Crippen LogP contribution in [0.25, 0.3) is 0 Å². The van der Waals surface area contributed by atoms with Crippen molar-refractivity contribution in [1.29, 1.82) is 0 Å². The van der Waals surface area contributed by atoms with Crippen molar-refractivity contribution in [3.05, 3.63) is 0 Å². The van der Waals surface area contributed by atoms with Crippen LogP contribution in [0.5, 0.6) is 0 Å². The van der Waals surface area contributed by atoms with Crippen LogP contribution in [0.4, 0.5) is 0 Å². The third kappa shape index (κ3) is 3.43. The molecule has 2 amide bonds. The molecule has 0 spiro atoms. The number of nitrogens with one attached hydrogen (secondary N) is 2. The molecule has 2 rings (SSSR count). The Kier molecular flexibility index (Phi) is 3.99. The molecule has 2 fully saturated rings. The van der Waals surface area contributed by atoms with Crippen molar-refractivity contribution < 1.29 is 9.59 Å². The fourth-order valence-electron chi connectivity index (χ4n) is 2.21. The van der Waals surface area contributed by atoms with Gasteiger partial charge < -0.3 is 15.5 Å². The predicted octanol–water partition coefficient (Wildman–Crippen LogP) is -0.134. The summed E-state index contributed by atoms with van der Waals surface area (Å²) in [7, 11) is 0. The molecule has 1 saturated heterocycles. The summed E-state index contributed by atoms with van der Waals surface area (Å²) < 4.78 is 0. The second-order valence-corrected chi connectivity index (χ2v) is 4.85. The van der Waals surface area contributed by atoms with Crippen LogP contribution in [0, 0.1) is 0 Å². The molecule has 0 aromatic rings. The molecular formula is C12H21N3O2. The standard InChI is InChI=1S/C12H21N3O2/c1-2-13-11(16)8-15-7-3-4-10(12(15)17)14-9-5-6-9/h9-10,14H,2-8H2,1H3,(H,13,16). The van der Waals surface area contributed by atoms with Gasteiger partial charge in [-0.15, -0.1) is 0 Å². The Morgan fingerprint density at radius 2 is 2.18 bits per heavy atom. The summed E-state index contributed by atoms with van der Waals surface area (Å²) in [6.45, 7) is 3.41. The monoisotopic (exact) mass is 239 g/mol. The lowest BCUT2D eigenvalue weighted by molar-refractivity contribution is -0.140. The van der Waals surface area contributed by atoms with Crippen LogP contribution < -0.4 is 10.6 Å². The van der Waals surface area contributed by atoms with E-state index in [0.717, 1.165) is 12.8 Å². The number of carbonyl (C=O) groups is 2. The summed E-state index contributed by atoms with van der Waals surface area (Å²) in [6.07, 6.45) is 4.25. The van der Waals surface area contributed by atoms with E-state index in [1.807, 2.05) is 6.92 Å². The quantitative estimate of drug-likeness (QED) is 0.702. The fourth-order valence-corrected chi connectivity index (χ4v) is 2.21. The van der Waals surface area contributed by atoms with Crippen LogP contribution in [-0.2, 0) is 9.59 Å². The van der Waals surface area contributed by atoms with Gasteiger partial charge in [0.15, 0.2) is 0 Å². The smallest absolute Gasteiger partial charge is 0.240 e. The van der Waals surface area contributed by atoms with E-state index in [2.05, 4.69) is 10.6 Å². The summed E-state index contributed by atoms with van der Waals surface area (Å²) in [5.74, 6) is 0.0299. The number of piperidine rings is 1. The average molecular weight is 239 g/mol. The fraction of sp³-hybridized carbons (Fsp3) is 0.833. The van der Waals surface area contributed by atoms with Gasteiger partial charge in [-0.3, -0.25) is 9.59 Å². The van der Waals surface area contributed by atoms with Gasteiger partial charge in [-0.2, -0.15) is 0 Å². The number of nitrogens with zero attached hydrogens (tertiary/aromatic N) is 1. The predicted molar refractivity (Wildman–Crippen MR) is 64.4 cm³/mol. The van der Waals surface area contributed by atoms with Crippen LogP contribution in [-0.4, -0.2) is 48.4 Å². The SMILES string of the molecule is CCNC(=O)CN1CCCC(NC2CC2)C1=O. The molecule has 0 aromatic carbocycles. The number of hydrogen-bond acceptors (Lipinski definition) is 3. The molecule has 5 heteroatoms. The highest BCUT2D eigenvalue weighted by molar-refractivity contribution is 5.88. The molecule has 1 saturated carbocycles. The zero-order chi connectivity index (χ0) is 12.3. The van der Waals surface area contributed by atoms with Crippen molar-refractivity contribution >= 4 is 11.8 Å². The van der Waals surface area contributed by atoms with E-state index in [9.17, 15) is 9.59 Å². The lowest BCUT2D eigenvalue weighted by Crippen LogP contribution is -2.53. The maximum Gasteiger partial charge on any atom is 0.240 e. The molecule has 0 bridgehead atoms. The first-order valence-electron chi connectivity index (χ1n) is 6.52. The molecule has 1 aliphatic carbocycles. The Balaban J connectivity index is 1.84. The number of likely N-dealkylation sites (N-methyl/N-ethyl adjacent to an activating group) is 1. The summed E-state index contributed by atoms with van der Waals surface area (Å²) in [6, 6.07) is 0.471. The molecule has 17 heavy (non-hydrogen) atoms. The molecule has 2 aliphatic rings. The highest BCUT2D eigenvalue weighted by Gasteiger charge is 2.33. The summed E-state index contributed by atoms with van der Waals surface area (Å²) in [4.78, 5) is 25.3. The van der Waals surface area contributed by atoms with Crippen molar-refractivity contribution in [1.82, 2.24) is 15.5 Å². The molecular weight excluding hydrogens is 218 g/mol. The van der Waals surface area contributed by atoms with Gasteiger partial charge in [-0.1, -0.05) is 0 Å². The molecule has 0 aromatic heterocycles. The number of likely N-dealkylation sites (tertiary alicyclic amines) is 1. The van der Waals surface area contributed by atoms with Gasteiger partial charge in [0.1, 0.15) is 0 Å². The van der Waals surface area contributed by atoms with E-state index >= 15 is 0 Å². The summed E-state index contributed by atoms with van der Waals surface area (Å²) >= 11 is 0. The van der Waals surface area contributed by atoms with Crippen molar-refractivity contribution in [2.75, 3.05) is 19.6 Å². The van der Waals surface area contributed by atoms with Gasteiger partial charge in [-0.05, 0) is 32.6 Å². The first-order chi connectivity index (χ1) is 8.20. The number of amides is 2. The Labute approximate surface area is 102 Å². The second kappa shape index (κ2) is 5.49. The molecule has 1 atom stereocenters. The molecule has 1 heterocycles. The van der Waals surface area contributed by atoms with E-state index < -0.39 is 0 Å². The lowest BCUT2D eigenvalue weighted by atomic mass is 10.0. The van der Waals surface area contributed by atoms with Crippen molar-refractivity contribution in [3.63, 3.8) is 0 Å². The minimum atomic E-state index is -0.0642. The molecule has 1 aliphatic heterocycles. The van der Waals surface area contributed by atoms with Crippen LogP contribution in [0.1, 0.15) is 32.6 Å².